The summed E-state index contributed by atoms with van der Waals surface area (Å²) < 4.78 is 57.8. The van der Waals surface area contributed by atoms with E-state index in [0.717, 1.165) is 35.9 Å². The molecule has 1 aliphatic carbocycles. The average molecular weight is 526 g/mol. The molecule has 1 amide bonds. The van der Waals surface area contributed by atoms with Gasteiger partial charge in [-0.15, -0.1) is 0 Å². The Kier molecular flexibility index (Phi) is 6.50. The van der Waals surface area contributed by atoms with Gasteiger partial charge in [0.05, 0.1) is 15.1 Å². The zero-order valence-corrected chi connectivity index (χ0v) is 19.3. The first-order valence-electron chi connectivity index (χ1n) is 10.2. The molecule has 11 heteroatoms. The summed E-state index contributed by atoms with van der Waals surface area (Å²) in [6, 6.07) is 5.94. The highest BCUT2D eigenvalue weighted by Gasteiger charge is 2.65. The number of amides is 1. The molecule has 1 saturated heterocycles. The van der Waals surface area contributed by atoms with Gasteiger partial charge >= 0.3 is 6.18 Å². The monoisotopic (exact) mass is 524 g/mol. The van der Waals surface area contributed by atoms with Crippen molar-refractivity contribution in [2.45, 2.75) is 43.6 Å². The number of aliphatic hydroxyl groups excluding tert-OH is 1. The second-order valence-electron chi connectivity index (χ2n) is 8.31. The number of benzene rings is 2. The van der Waals surface area contributed by atoms with Crippen LogP contribution in [0.3, 0.4) is 0 Å². The maximum atomic E-state index is 14.7. The van der Waals surface area contributed by atoms with Gasteiger partial charge in [0, 0.05) is 30.3 Å². The molecule has 0 bridgehead atoms. The number of rotatable bonds is 5. The first-order chi connectivity index (χ1) is 15.5. The minimum Gasteiger partial charge on any atom is -0.372 e. The van der Waals surface area contributed by atoms with Crippen LogP contribution in [0.2, 0.25) is 15.1 Å². The fourth-order valence-corrected chi connectivity index (χ4v) is 4.77. The van der Waals surface area contributed by atoms with E-state index in [1.165, 1.54) is 12.1 Å². The zero-order chi connectivity index (χ0) is 24.1. The fourth-order valence-electron chi connectivity index (χ4n) is 4.17. The Labute approximate surface area is 202 Å². The maximum Gasteiger partial charge on any atom is 0.402 e. The number of carbonyl (C=O) groups is 1. The highest BCUT2D eigenvalue weighted by Crippen LogP contribution is 2.53. The van der Waals surface area contributed by atoms with Crippen molar-refractivity contribution in [3.8, 4) is 0 Å². The van der Waals surface area contributed by atoms with Crippen LogP contribution in [-0.2, 0) is 16.8 Å². The average Bonchev–Trinajstić information content (AvgIpc) is 3.52. The van der Waals surface area contributed by atoms with Crippen molar-refractivity contribution < 1.29 is 27.5 Å². The summed E-state index contributed by atoms with van der Waals surface area (Å²) in [4.78, 5) is 12.9. The Morgan fingerprint density at radius 1 is 1.15 bits per heavy atom. The molecule has 1 aliphatic heterocycles. The molecule has 1 heterocycles. The van der Waals surface area contributed by atoms with Crippen LogP contribution >= 0.6 is 34.8 Å². The van der Waals surface area contributed by atoms with Crippen LogP contribution in [0.4, 0.5) is 23.2 Å². The highest BCUT2D eigenvalue weighted by molar-refractivity contribution is 6.48. The number of nitrogens with one attached hydrogen (secondary N) is 1. The lowest BCUT2D eigenvalue weighted by Gasteiger charge is -2.37. The molecular weight excluding hydrogens is 507 g/mol. The minimum absolute atomic E-state index is 0.0295. The molecule has 2 aromatic carbocycles. The molecule has 4 nitrogen and oxygen atoms in total. The summed E-state index contributed by atoms with van der Waals surface area (Å²) in [5.74, 6) is -0.876. The summed E-state index contributed by atoms with van der Waals surface area (Å²) in [5.41, 5.74) is -2.77. The van der Waals surface area contributed by atoms with Crippen molar-refractivity contribution in [3.05, 3.63) is 62.3 Å². The van der Waals surface area contributed by atoms with E-state index in [-0.39, 0.29) is 56.8 Å². The molecule has 2 aliphatic rings. The predicted molar refractivity (Wildman–Crippen MR) is 118 cm³/mol. The third-order valence-electron chi connectivity index (χ3n) is 6.26. The lowest BCUT2D eigenvalue weighted by molar-refractivity contribution is -0.210. The van der Waals surface area contributed by atoms with Gasteiger partial charge in [0.15, 0.2) is 0 Å². The van der Waals surface area contributed by atoms with Crippen molar-refractivity contribution in [1.29, 1.82) is 0 Å². The van der Waals surface area contributed by atoms with Crippen LogP contribution in [0.25, 0.3) is 0 Å². The van der Waals surface area contributed by atoms with Gasteiger partial charge in [-0.05, 0) is 49.1 Å². The van der Waals surface area contributed by atoms with Gasteiger partial charge in [0.2, 0.25) is 5.91 Å². The van der Waals surface area contributed by atoms with E-state index in [1.54, 1.807) is 0 Å². The Hall–Kier alpha value is -1.74. The quantitative estimate of drug-likeness (QED) is 0.381. The zero-order valence-electron chi connectivity index (χ0n) is 17.0. The van der Waals surface area contributed by atoms with Crippen molar-refractivity contribution in [1.82, 2.24) is 5.32 Å². The molecule has 2 aromatic rings. The number of halogens is 7. The van der Waals surface area contributed by atoms with E-state index < -0.39 is 30.1 Å². The molecule has 2 fully saturated rings. The van der Waals surface area contributed by atoms with Crippen LogP contribution in [0, 0.1) is 11.7 Å². The normalized spacial score (nSPS) is 23.2. The summed E-state index contributed by atoms with van der Waals surface area (Å²) in [5, 5.41) is 13.1. The molecule has 0 spiro atoms. The van der Waals surface area contributed by atoms with Gasteiger partial charge in [-0.25, -0.2) is 4.39 Å². The number of hydrogen-bond acceptors (Lipinski definition) is 3. The highest BCUT2D eigenvalue weighted by atomic mass is 35.5. The third-order valence-corrected chi connectivity index (χ3v) is 7.45. The van der Waals surface area contributed by atoms with Crippen LogP contribution in [-0.4, -0.2) is 30.0 Å². The van der Waals surface area contributed by atoms with Crippen LogP contribution in [0.1, 0.15) is 30.4 Å². The number of nitrogens with zero attached hydrogens (tertiary/aromatic N) is 1. The number of carbonyl (C=O) groups excluding carboxylic acids is 1. The summed E-state index contributed by atoms with van der Waals surface area (Å²) in [6.45, 7) is -0.228. The molecule has 178 valence electrons. The van der Waals surface area contributed by atoms with E-state index >= 15 is 0 Å². The first-order valence-corrected chi connectivity index (χ1v) is 11.3. The van der Waals surface area contributed by atoms with E-state index in [1.807, 2.05) is 0 Å². The predicted octanol–water partition coefficient (Wildman–Crippen LogP) is 5.84. The van der Waals surface area contributed by atoms with Gasteiger partial charge in [0.25, 0.3) is 0 Å². The molecule has 0 radical (unpaired) electrons. The Morgan fingerprint density at radius 3 is 2.33 bits per heavy atom. The summed E-state index contributed by atoms with van der Waals surface area (Å²) in [7, 11) is 0. The van der Waals surface area contributed by atoms with Gasteiger partial charge < -0.3 is 15.3 Å². The molecular formula is C22H19Cl3F4N2O2. The number of alkyl halides is 3. The SMILES string of the molecule is O=C(NCc1ccc(N2CCC(c3cc(Cl)c(Cl)c(Cl)c3)(C(F)(F)F)C2O)cc1F)C1CC1. The Balaban J connectivity index is 1.63. The Morgan fingerprint density at radius 2 is 1.79 bits per heavy atom. The summed E-state index contributed by atoms with van der Waals surface area (Å²) >= 11 is 17.8. The van der Waals surface area contributed by atoms with Crippen molar-refractivity contribution in [2.75, 3.05) is 11.4 Å². The van der Waals surface area contributed by atoms with E-state index in [0.29, 0.717) is 0 Å². The first kappa shape index (κ1) is 24.4. The van der Waals surface area contributed by atoms with E-state index in [9.17, 15) is 27.5 Å². The molecule has 4 rings (SSSR count). The second kappa shape index (κ2) is 8.80. The van der Waals surface area contributed by atoms with Gasteiger partial charge in [-0.2, -0.15) is 13.2 Å². The lowest BCUT2D eigenvalue weighted by atomic mass is 9.77. The minimum atomic E-state index is -4.87. The fraction of sp³-hybridized carbons (Fsp3) is 0.409. The molecule has 33 heavy (non-hydrogen) atoms. The van der Waals surface area contributed by atoms with Gasteiger partial charge in [-0.3, -0.25) is 4.79 Å². The van der Waals surface area contributed by atoms with E-state index in [4.69, 9.17) is 34.8 Å². The van der Waals surface area contributed by atoms with Crippen molar-refractivity contribution >= 4 is 46.4 Å². The standard InChI is InChI=1S/C22H19Cl3F4N2O2/c23-15-7-13(8-16(24)18(15)25)21(22(27,28)29)5-6-31(20(21)33)14-4-3-12(17(26)9-14)10-30-19(32)11-1-2-11/h3-4,7-9,11,20,33H,1-2,5-6,10H2,(H,30,32). The lowest BCUT2D eigenvalue weighted by Crippen LogP contribution is -2.52. The molecule has 2 N–H and O–H groups in total. The van der Waals surface area contributed by atoms with Gasteiger partial charge in [-0.1, -0.05) is 40.9 Å². The second-order valence-corrected chi connectivity index (χ2v) is 9.50. The molecule has 1 saturated carbocycles. The van der Waals surface area contributed by atoms with E-state index in [2.05, 4.69) is 5.32 Å². The number of aliphatic hydroxyl groups is 1. The van der Waals surface area contributed by atoms with Crippen LogP contribution in [0.5, 0.6) is 0 Å². The largest absolute Gasteiger partial charge is 0.402 e. The molecule has 0 aromatic heterocycles. The van der Waals surface area contributed by atoms with Gasteiger partial charge in [0.1, 0.15) is 17.5 Å². The third kappa shape index (κ3) is 4.38. The maximum absolute atomic E-state index is 14.7. The topological polar surface area (TPSA) is 52.6 Å². The Bertz CT molecular complexity index is 1070. The number of anilines is 1. The number of hydrogen-bond donors (Lipinski definition) is 2. The molecule has 2 atom stereocenters. The van der Waals surface area contributed by atoms with Crippen molar-refractivity contribution in [3.63, 3.8) is 0 Å². The van der Waals surface area contributed by atoms with Crippen LogP contribution < -0.4 is 10.2 Å². The molecule has 2 unspecified atom stereocenters. The van der Waals surface area contributed by atoms with Crippen molar-refractivity contribution in [2.24, 2.45) is 5.92 Å². The van der Waals surface area contributed by atoms with Crippen LogP contribution in [0.15, 0.2) is 30.3 Å². The smallest absolute Gasteiger partial charge is 0.372 e. The summed E-state index contributed by atoms with van der Waals surface area (Å²) in [6.07, 6.45) is -5.82.